The van der Waals surface area contributed by atoms with E-state index in [-0.39, 0.29) is 23.1 Å². The fraction of sp³-hybridized carbons (Fsp3) is 0.353. The van der Waals surface area contributed by atoms with Gasteiger partial charge in [0.25, 0.3) is 0 Å². The van der Waals surface area contributed by atoms with E-state index in [1.54, 1.807) is 18.5 Å². The van der Waals surface area contributed by atoms with Crippen molar-refractivity contribution in [2.24, 2.45) is 0 Å². The van der Waals surface area contributed by atoms with E-state index in [9.17, 15) is 17.6 Å². The zero-order chi connectivity index (χ0) is 19.4. The topological polar surface area (TPSA) is 118 Å². The van der Waals surface area contributed by atoms with E-state index in [0.29, 0.717) is 25.7 Å². The monoisotopic (exact) mass is 395 g/mol. The molecule has 1 aliphatic carbocycles. The molecule has 0 spiro atoms. The quantitative estimate of drug-likeness (QED) is 0.768. The van der Waals surface area contributed by atoms with Gasteiger partial charge in [-0.05, 0) is 49.9 Å². The maximum atomic E-state index is 13.5. The Labute approximate surface area is 155 Å². The minimum Gasteiger partial charge on any atom is -0.478 e. The fourth-order valence-electron chi connectivity index (χ4n) is 2.92. The van der Waals surface area contributed by atoms with E-state index in [4.69, 9.17) is 9.84 Å². The summed E-state index contributed by atoms with van der Waals surface area (Å²) in [6, 6.07) is 4.36. The van der Waals surface area contributed by atoms with Crippen LogP contribution in [0.2, 0.25) is 0 Å². The summed E-state index contributed by atoms with van der Waals surface area (Å²) in [5, 5.41) is 8.95. The Morgan fingerprint density at radius 1 is 1.19 bits per heavy atom. The van der Waals surface area contributed by atoms with E-state index in [1.807, 2.05) is 0 Å². The number of aromatic carboxylic acids is 1. The summed E-state index contributed by atoms with van der Waals surface area (Å²) in [5.41, 5.74) is -0.683. The summed E-state index contributed by atoms with van der Waals surface area (Å²) in [5.74, 6) is -2.51. The molecule has 8 nitrogen and oxygen atoms in total. The number of rotatable bonds is 6. The van der Waals surface area contributed by atoms with Gasteiger partial charge >= 0.3 is 12.0 Å². The summed E-state index contributed by atoms with van der Waals surface area (Å²) in [7, 11) is -3.95. The van der Waals surface area contributed by atoms with Crippen LogP contribution >= 0.6 is 0 Å². The van der Waals surface area contributed by atoms with Crippen LogP contribution in [-0.2, 0) is 10.0 Å². The van der Waals surface area contributed by atoms with E-state index in [0.717, 1.165) is 18.2 Å². The van der Waals surface area contributed by atoms with Crippen LogP contribution in [0.1, 0.15) is 36.0 Å². The number of halogens is 1. The molecule has 144 valence electrons. The van der Waals surface area contributed by atoms with Crippen molar-refractivity contribution in [2.45, 2.75) is 42.7 Å². The van der Waals surface area contributed by atoms with E-state index in [1.165, 1.54) is 0 Å². The Kier molecular flexibility index (Phi) is 5.66. The van der Waals surface area contributed by atoms with Crippen LogP contribution in [0.25, 0.3) is 0 Å². The van der Waals surface area contributed by atoms with Crippen molar-refractivity contribution in [1.29, 1.82) is 0 Å². The fourth-order valence-corrected chi connectivity index (χ4v) is 4.25. The molecule has 27 heavy (non-hydrogen) atoms. The van der Waals surface area contributed by atoms with Crippen molar-refractivity contribution in [3.8, 4) is 6.01 Å². The second-order valence-corrected chi connectivity index (χ2v) is 7.90. The number of ether oxygens (including phenoxy) is 1. The summed E-state index contributed by atoms with van der Waals surface area (Å²) in [6.45, 7) is 0. The number of sulfonamides is 1. The molecule has 0 aliphatic heterocycles. The summed E-state index contributed by atoms with van der Waals surface area (Å²) in [4.78, 5) is 18.7. The summed E-state index contributed by atoms with van der Waals surface area (Å²) in [6.07, 6.45) is 5.39. The first-order valence-electron chi connectivity index (χ1n) is 8.34. The number of carboxylic acids is 1. The lowest BCUT2D eigenvalue weighted by atomic mass is 9.94. The molecule has 0 amide bonds. The molecule has 1 aliphatic rings. The van der Waals surface area contributed by atoms with Gasteiger partial charge in [-0.25, -0.2) is 32.3 Å². The minimum atomic E-state index is -3.95. The third-order valence-corrected chi connectivity index (χ3v) is 5.81. The molecule has 2 aromatic rings. The van der Waals surface area contributed by atoms with Crippen LogP contribution < -0.4 is 9.46 Å². The molecule has 3 rings (SSSR count). The largest absolute Gasteiger partial charge is 0.478 e. The Morgan fingerprint density at radius 3 is 2.48 bits per heavy atom. The Hall–Kier alpha value is -2.59. The van der Waals surface area contributed by atoms with Crippen LogP contribution in [0.5, 0.6) is 6.01 Å². The molecular formula is C17H18FN3O5S. The number of aromatic nitrogens is 2. The maximum Gasteiger partial charge on any atom is 0.338 e. The van der Waals surface area contributed by atoms with Gasteiger partial charge in [0.2, 0.25) is 10.0 Å². The van der Waals surface area contributed by atoms with Gasteiger partial charge in [-0.2, -0.15) is 0 Å². The predicted octanol–water partition coefficient (Wildman–Crippen LogP) is 1.98. The highest BCUT2D eigenvalue weighted by atomic mass is 32.2. The van der Waals surface area contributed by atoms with Gasteiger partial charge in [-0.3, -0.25) is 0 Å². The first-order chi connectivity index (χ1) is 12.8. The first kappa shape index (κ1) is 19.2. The molecule has 0 unspecified atom stereocenters. The van der Waals surface area contributed by atoms with Crippen LogP contribution in [0.3, 0.4) is 0 Å². The smallest absolute Gasteiger partial charge is 0.338 e. The highest BCUT2D eigenvalue weighted by molar-refractivity contribution is 7.89. The first-order valence-corrected chi connectivity index (χ1v) is 9.82. The van der Waals surface area contributed by atoms with Crippen LogP contribution in [0.15, 0.2) is 41.6 Å². The van der Waals surface area contributed by atoms with Gasteiger partial charge in [-0.15, -0.1) is 0 Å². The SMILES string of the molecule is O=C(O)c1cc(S(=O)(=O)NC2CCC(Oc3ncccn3)CC2)ccc1F. The Balaban J connectivity index is 1.61. The second-order valence-electron chi connectivity index (χ2n) is 6.19. The molecule has 1 aromatic heterocycles. The van der Waals surface area contributed by atoms with Crippen molar-refractivity contribution < 1.29 is 27.4 Å². The lowest BCUT2D eigenvalue weighted by Gasteiger charge is -2.28. The summed E-state index contributed by atoms with van der Waals surface area (Å²) < 4.78 is 46.7. The van der Waals surface area contributed by atoms with Gasteiger partial charge in [0.1, 0.15) is 11.9 Å². The average molecular weight is 395 g/mol. The van der Waals surface area contributed by atoms with Crippen molar-refractivity contribution in [2.75, 3.05) is 0 Å². The van der Waals surface area contributed by atoms with Crippen molar-refractivity contribution in [3.63, 3.8) is 0 Å². The van der Waals surface area contributed by atoms with Crippen molar-refractivity contribution in [3.05, 3.63) is 48.0 Å². The lowest BCUT2D eigenvalue weighted by molar-refractivity contribution is 0.0691. The Bertz CT molecular complexity index is 915. The minimum absolute atomic E-state index is 0.0995. The zero-order valence-electron chi connectivity index (χ0n) is 14.2. The van der Waals surface area contributed by atoms with Gasteiger partial charge in [0.05, 0.1) is 10.5 Å². The second kappa shape index (κ2) is 7.97. The lowest BCUT2D eigenvalue weighted by Crippen LogP contribution is -2.39. The molecule has 0 saturated heterocycles. The molecule has 0 bridgehead atoms. The standard InChI is InChI=1S/C17H18FN3O5S/c18-15-7-6-13(10-14(15)16(22)23)27(24,25)21-11-2-4-12(5-3-11)26-17-19-8-1-9-20-17/h1,6-12,21H,2-5H2,(H,22,23). The maximum absolute atomic E-state index is 13.5. The van der Waals surface area contributed by atoms with Gasteiger partial charge in [0, 0.05) is 18.4 Å². The zero-order valence-corrected chi connectivity index (χ0v) is 15.0. The molecule has 1 saturated carbocycles. The number of nitrogens with one attached hydrogen (secondary N) is 1. The number of hydrogen-bond donors (Lipinski definition) is 2. The van der Waals surface area contributed by atoms with Gasteiger partial charge in [0.15, 0.2) is 0 Å². The predicted molar refractivity (Wildman–Crippen MR) is 92.4 cm³/mol. The highest BCUT2D eigenvalue weighted by Gasteiger charge is 2.28. The average Bonchev–Trinajstić information content (AvgIpc) is 2.64. The number of nitrogens with zero attached hydrogens (tertiary/aromatic N) is 2. The number of carbonyl (C=O) groups is 1. The normalized spacial score (nSPS) is 20.2. The molecule has 1 fully saturated rings. The molecule has 1 heterocycles. The molecule has 10 heteroatoms. The van der Waals surface area contributed by atoms with Crippen molar-refractivity contribution >= 4 is 16.0 Å². The van der Waals surface area contributed by atoms with Gasteiger partial charge in [-0.1, -0.05) is 0 Å². The molecular weight excluding hydrogens is 377 g/mol. The number of carboxylic acid groups (broad SMARTS) is 1. The van der Waals surface area contributed by atoms with E-state index < -0.39 is 27.4 Å². The van der Waals surface area contributed by atoms with Crippen LogP contribution in [0, 0.1) is 5.82 Å². The molecule has 0 radical (unpaired) electrons. The summed E-state index contributed by atoms with van der Waals surface area (Å²) >= 11 is 0. The number of benzene rings is 1. The Morgan fingerprint density at radius 2 is 1.85 bits per heavy atom. The molecule has 2 N–H and O–H groups in total. The number of hydrogen-bond acceptors (Lipinski definition) is 6. The third-order valence-electron chi connectivity index (χ3n) is 4.29. The van der Waals surface area contributed by atoms with E-state index >= 15 is 0 Å². The van der Waals surface area contributed by atoms with Crippen LogP contribution in [-0.4, -0.2) is 41.6 Å². The van der Waals surface area contributed by atoms with Crippen LogP contribution in [0.4, 0.5) is 4.39 Å². The highest BCUT2D eigenvalue weighted by Crippen LogP contribution is 2.24. The molecule has 0 atom stereocenters. The van der Waals surface area contributed by atoms with Gasteiger partial charge < -0.3 is 9.84 Å². The third kappa shape index (κ3) is 4.77. The molecule has 1 aromatic carbocycles. The van der Waals surface area contributed by atoms with Crippen molar-refractivity contribution in [1.82, 2.24) is 14.7 Å². The van der Waals surface area contributed by atoms with E-state index in [2.05, 4.69) is 14.7 Å².